The fourth-order valence-electron chi connectivity index (χ4n) is 1.25. The van der Waals surface area contributed by atoms with Crippen LogP contribution in [0.15, 0.2) is 36.9 Å². The van der Waals surface area contributed by atoms with E-state index in [-0.39, 0.29) is 17.9 Å². The Balaban J connectivity index is 2.92. The van der Waals surface area contributed by atoms with Crippen molar-refractivity contribution >= 4 is 17.4 Å². The minimum atomic E-state index is -4.96. The Labute approximate surface area is 101 Å². The number of hydrogen-bond acceptors (Lipinski definition) is 2. The van der Waals surface area contributed by atoms with Crippen molar-refractivity contribution in [1.29, 1.82) is 0 Å². The van der Waals surface area contributed by atoms with Gasteiger partial charge in [0, 0.05) is 12.1 Å². The number of carbonyl (C=O) groups is 2. The van der Waals surface area contributed by atoms with Gasteiger partial charge in [-0.3, -0.25) is 9.59 Å². The van der Waals surface area contributed by atoms with Gasteiger partial charge >= 0.3 is 12.1 Å². The highest BCUT2D eigenvalue weighted by molar-refractivity contribution is 5.97. The van der Waals surface area contributed by atoms with E-state index < -0.39 is 12.1 Å². The predicted molar refractivity (Wildman–Crippen MR) is 60.0 cm³/mol. The van der Waals surface area contributed by atoms with Crippen molar-refractivity contribution in [3.05, 3.63) is 42.5 Å². The molecule has 0 saturated carbocycles. The summed E-state index contributed by atoms with van der Waals surface area (Å²) in [6.07, 6.45) is -4.00. The first-order chi connectivity index (χ1) is 8.34. The van der Waals surface area contributed by atoms with Gasteiger partial charge in [0.2, 0.25) is 0 Å². The molecular weight excluding hydrogens is 247 g/mol. The topological polar surface area (TPSA) is 46.2 Å². The van der Waals surface area contributed by atoms with Crippen LogP contribution in [0.5, 0.6) is 0 Å². The van der Waals surface area contributed by atoms with Gasteiger partial charge in [-0.05, 0) is 17.7 Å². The lowest BCUT2D eigenvalue weighted by Crippen LogP contribution is -2.30. The van der Waals surface area contributed by atoms with Crippen LogP contribution in [0, 0.1) is 0 Å². The van der Waals surface area contributed by atoms with Gasteiger partial charge in [0.15, 0.2) is 5.78 Å². The maximum Gasteiger partial charge on any atom is 0.471 e. The number of benzene rings is 1. The lowest BCUT2D eigenvalue weighted by Gasteiger charge is -2.11. The zero-order valence-corrected chi connectivity index (χ0v) is 9.25. The lowest BCUT2D eigenvalue weighted by molar-refractivity contribution is -0.167. The number of alkyl halides is 3. The number of rotatable bonds is 4. The molecule has 0 radical (unpaired) electrons. The molecule has 0 aliphatic heterocycles. The molecule has 1 aromatic rings. The van der Waals surface area contributed by atoms with Crippen molar-refractivity contribution in [1.82, 2.24) is 0 Å². The first kappa shape index (κ1) is 14.0. The summed E-state index contributed by atoms with van der Waals surface area (Å²) in [4.78, 5) is 22.0. The minimum absolute atomic E-state index is 0.0324. The molecule has 0 aliphatic rings. The third-order valence-electron chi connectivity index (χ3n) is 2.12. The van der Waals surface area contributed by atoms with Crippen LogP contribution in [0.1, 0.15) is 5.56 Å². The van der Waals surface area contributed by atoms with Crippen LogP contribution >= 0.6 is 0 Å². The first-order valence-corrected chi connectivity index (χ1v) is 4.96. The number of halogens is 3. The average molecular weight is 257 g/mol. The molecule has 6 heteroatoms. The summed E-state index contributed by atoms with van der Waals surface area (Å²) in [5, 5.41) is 1.73. The van der Waals surface area contributed by atoms with E-state index in [9.17, 15) is 22.8 Å². The molecule has 18 heavy (non-hydrogen) atoms. The summed E-state index contributed by atoms with van der Waals surface area (Å²) in [5.41, 5.74) is 0.273. The van der Waals surface area contributed by atoms with E-state index in [0.717, 1.165) is 6.08 Å². The van der Waals surface area contributed by atoms with Crippen molar-refractivity contribution in [2.75, 3.05) is 5.32 Å². The van der Waals surface area contributed by atoms with E-state index in [2.05, 4.69) is 6.58 Å². The molecule has 0 bridgehead atoms. The number of anilines is 1. The smallest absolute Gasteiger partial charge is 0.318 e. The molecule has 0 spiro atoms. The van der Waals surface area contributed by atoms with Crippen LogP contribution in [0.25, 0.3) is 0 Å². The third kappa shape index (κ3) is 3.73. The monoisotopic (exact) mass is 257 g/mol. The highest BCUT2D eigenvalue weighted by Crippen LogP contribution is 2.21. The van der Waals surface area contributed by atoms with Gasteiger partial charge in [-0.25, -0.2) is 0 Å². The summed E-state index contributed by atoms with van der Waals surface area (Å²) < 4.78 is 36.3. The van der Waals surface area contributed by atoms with Gasteiger partial charge in [0.25, 0.3) is 0 Å². The quantitative estimate of drug-likeness (QED) is 0.842. The Bertz CT molecular complexity index is 480. The Kier molecular flexibility index (Phi) is 4.25. The van der Waals surface area contributed by atoms with Gasteiger partial charge in [-0.2, -0.15) is 13.2 Å². The second kappa shape index (κ2) is 5.48. The van der Waals surface area contributed by atoms with E-state index in [0.29, 0.717) is 5.56 Å². The van der Waals surface area contributed by atoms with Gasteiger partial charge < -0.3 is 5.32 Å². The Morgan fingerprint density at radius 3 is 2.44 bits per heavy atom. The van der Waals surface area contributed by atoms with Crippen LogP contribution in [-0.4, -0.2) is 17.9 Å². The molecule has 0 atom stereocenters. The van der Waals surface area contributed by atoms with Crippen LogP contribution < -0.4 is 5.32 Å². The normalized spacial score (nSPS) is 10.8. The fourth-order valence-corrected chi connectivity index (χ4v) is 1.25. The standard InChI is InChI=1S/C12H10F3NO2/c1-2-9(17)7-8-5-3-4-6-10(8)16-11(18)12(13,14)15/h2-6H,1,7H2,(H,16,18). The number of para-hydroxylation sites is 1. The van der Waals surface area contributed by atoms with Crippen LogP contribution in [0.4, 0.5) is 18.9 Å². The molecular formula is C12H10F3NO2. The minimum Gasteiger partial charge on any atom is -0.318 e. The molecule has 0 saturated heterocycles. The summed E-state index contributed by atoms with van der Waals surface area (Å²) in [7, 11) is 0. The lowest BCUT2D eigenvalue weighted by atomic mass is 10.1. The van der Waals surface area contributed by atoms with Crippen molar-refractivity contribution < 1.29 is 22.8 Å². The van der Waals surface area contributed by atoms with Crippen molar-refractivity contribution in [2.24, 2.45) is 0 Å². The van der Waals surface area contributed by atoms with Crippen LogP contribution in [0.2, 0.25) is 0 Å². The van der Waals surface area contributed by atoms with E-state index in [4.69, 9.17) is 0 Å². The number of hydrogen-bond donors (Lipinski definition) is 1. The number of amides is 1. The van der Waals surface area contributed by atoms with Crippen LogP contribution in [0.3, 0.4) is 0 Å². The summed E-state index contributed by atoms with van der Waals surface area (Å²) >= 11 is 0. The number of allylic oxidation sites excluding steroid dienone is 1. The van der Waals surface area contributed by atoms with E-state index in [1.807, 2.05) is 0 Å². The third-order valence-corrected chi connectivity index (χ3v) is 2.12. The molecule has 0 aromatic heterocycles. The molecule has 96 valence electrons. The second-order valence-corrected chi connectivity index (χ2v) is 3.46. The molecule has 1 aromatic carbocycles. The summed E-state index contributed by atoms with van der Waals surface area (Å²) in [5.74, 6) is -2.41. The number of ketones is 1. The fraction of sp³-hybridized carbons (Fsp3) is 0.167. The van der Waals surface area contributed by atoms with Crippen molar-refractivity contribution in [2.45, 2.75) is 12.6 Å². The van der Waals surface area contributed by atoms with Gasteiger partial charge in [-0.1, -0.05) is 24.8 Å². The zero-order chi connectivity index (χ0) is 13.8. The Hall–Kier alpha value is -2.11. The molecule has 0 aliphatic carbocycles. The molecule has 1 rings (SSSR count). The molecule has 0 heterocycles. The first-order valence-electron chi connectivity index (χ1n) is 4.96. The molecule has 3 nitrogen and oxygen atoms in total. The van der Waals surface area contributed by atoms with Gasteiger partial charge in [0.1, 0.15) is 0 Å². The predicted octanol–water partition coefficient (Wildman–Crippen LogP) is 2.49. The molecule has 1 amide bonds. The number of carbonyl (C=O) groups excluding carboxylic acids is 2. The van der Waals surface area contributed by atoms with Crippen molar-refractivity contribution in [3.63, 3.8) is 0 Å². The maximum atomic E-state index is 12.1. The van der Waals surface area contributed by atoms with E-state index in [1.165, 1.54) is 18.2 Å². The maximum absolute atomic E-state index is 12.1. The highest BCUT2D eigenvalue weighted by Gasteiger charge is 2.38. The Morgan fingerprint density at radius 2 is 1.89 bits per heavy atom. The Morgan fingerprint density at radius 1 is 1.28 bits per heavy atom. The average Bonchev–Trinajstić information content (AvgIpc) is 2.30. The van der Waals surface area contributed by atoms with Gasteiger partial charge in [0.05, 0.1) is 0 Å². The zero-order valence-electron chi connectivity index (χ0n) is 9.25. The summed E-state index contributed by atoms with van der Waals surface area (Å²) in [6.45, 7) is 3.27. The van der Waals surface area contributed by atoms with Crippen LogP contribution in [-0.2, 0) is 16.0 Å². The SMILES string of the molecule is C=CC(=O)Cc1ccccc1NC(=O)C(F)(F)F. The van der Waals surface area contributed by atoms with E-state index >= 15 is 0 Å². The molecule has 0 unspecified atom stereocenters. The van der Waals surface area contributed by atoms with Crippen molar-refractivity contribution in [3.8, 4) is 0 Å². The number of nitrogens with one attached hydrogen (secondary N) is 1. The second-order valence-electron chi connectivity index (χ2n) is 3.46. The van der Waals surface area contributed by atoms with Gasteiger partial charge in [-0.15, -0.1) is 0 Å². The summed E-state index contributed by atoms with van der Waals surface area (Å²) in [6, 6.07) is 5.80. The highest BCUT2D eigenvalue weighted by atomic mass is 19.4. The van der Waals surface area contributed by atoms with E-state index in [1.54, 1.807) is 11.4 Å². The molecule has 1 N–H and O–H groups in total. The molecule has 0 fully saturated rings. The largest absolute Gasteiger partial charge is 0.471 e.